The predicted octanol–water partition coefficient (Wildman–Crippen LogP) is 1.44. The molecule has 1 aromatic carbocycles. The summed E-state index contributed by atoms with van der Waals surface area (Å²) in [4.78, 5) is 2.30. The number of hydrogen-bond acceptors (Lipinski definition) is 4. The van der Waals surface area contributed by atoms with E-state index in [-0.39, 0.29) is 15.6 Å². The van der Waals surface area contributed by atoms with Gasteiger partial charge < -0.3 is 5.73 Å². The fourth-order valence-corrected chi connectivity index (χ4v) is 3.44. The highest BCUT2D eigenvalue weighted by Gasteiger charge is 2.20. The molecule has 1 rings (SSSR count). The van der Waals surface area contributed by atoms with E-state index in [2.05, 4.69) is 20.8 Å². The molecule has 8 heteroatoms. The molecule has 16 heavy (non-hydrogen) atoms. The summed E-state index contributed by atoms with van der Waals surface area (Å²) in [6, 6.07) is 2.80. The van der Waals surface area contributed by atoms with Crippen LogP contribution >= 0.6 is 27.5 Å². The van der Waals surface area contributed by atoms with Gasteiger partial charge in [-0.3, -0.25) is 0 Å². The molecule has 0 saturated carbocycles. The lowest BCUT2D eigenvalue weighted by molar-refractivity contribution is 0.364. The minimum Gasteiger partial charge on any atom is -0.398 e. The average Bonchev–Trinajstić information content (AvgIpc) is 2.08. The number of sulfonamides is 1. The minimum absolute atomic E-state index is 0.00574. The van der Waals surface area contributed by atoms with E-state index in [1.807, 2.05) is 0 Å². The summed E-state index contributed by atoms with van der Waals surface area (Å²) < 4.78 is 24.0. The molecule has 0 amide bonds. The van der Waals surface area contributed by atoms with Crippen LogP contribution in [0.1, 0.15) is 0 Å². The quantitative estimate of drug-likeness (QED) is 0.650. The standard InChI is InChI=1S/C8H11BrClN3O2S/c1-13(2)12-16(14,15)7-4-5(10)3-6(11)8(7)9/h3-4,12H,11H2,1-2H3. The van der Waals surface area contributed by atoms with Crippen molar-refractivity contribution in [3.63, 3.8) is 0 Å². The molecule has 0 aliphatic carbocycles. The van der Waals surface area contributed by atoms with Gasteiger partial charge in [-0.05, 0) is 28.1 Å². The van der Waals surface area contributed by atoms with E-state index in [0.29, 0.717) is 4.47 Å². The first-order valence-corrected chi connectivity index (χ1v) is 6.84. The Labute approximate surface area is 108 Å². The molecule has 0 fully saturated rings. The highest BCUT2D eigenvalue weighted by atomic mass is 79.9. The second-order valence-corrected chi connectivity index (χ2v) is 6.15. The number of nitrogens with one attached hydrogen (secondary N) is 1. The van der Waals surface area contributed by atoms with E-state index in [0.717, 1.165) is 0 Å². The van der Waals surface area contributed by atoms with Gasteiger partial charge in [0.15, 0.2) is 0 Å². The molecule has 0 spiro atoms. The van der Waals surface area contributed by atoms with E-state index in [1.165, 1.54) is 17.1 Å². The van der Waals surface area contributed by atoms with Gasteiger partial charge >= 0.3 is 0 Å². The monoisotopic (exact) mass is 327 g/mol. The van der Waals surface area contributed by atoms with Crippen molar-refractivity contribution in [2.24, 2.45) is 0 Å². The van der Waals surface area contributed by atoms with Gasteiger partial charge in [0.25, 0.3) is 10.0 Å². The summed E-state index contributed by atoms with van der Waals surface area (Å²) in [5, 5.41) is 1.58. The molecule has 0 unspecified atom stereocenters. The van der Waals surface area contributed by atoms with Gasteiger partial charge in [-0.15, -0.1) is 4.83 Å². The maximum Gasteiger partial charge on any atom is 0.254 e. The number of hydrogen-bond donors (Lipinski definition) is 2. The molecule has 5 nitrogen and oxygen atoms in total. The van der Waals surface area contributed by atoms with Gasteiger partial charge in [-0.25, -0.2) is 13.4 Å². The zero-order valence-corrected chi connectivity index (χ0v) is 11.8. The van der Waals surface area contributed by atoms with Crippen LogP contribution in [-0.4, -0.2) is 27.5 Å². The summed E-state index contributed by atoms with van der Waals surface area (Å²) >= 11 is 8.88. The number of rotatable bonds is 3. The lowest BCUT2D eigenvalue weighted by Gasteiger charge is -2.14. The van der Waals surface area contributed by atoms with Crippen LogP contribution in [-0.2, 0) is 10.0 Å². The lowest BCUT2D eigenvalue weighted by atomic mass is 10.3. The molecule has 0 aliphatic heterocycles. The Morgan fingerprint density at radius 2 is 2.00 bits per heavy atom. The summed E-state index contributed by atoms with van der Waals surface area (Å²) in [6.45, 7) is 0. The predicted molar refractivity (Wildman–Crippen MR) is 67.6 cm³/mol. The molecule has 0 atom stereocenters. The van der Waals surface area contributed by atoms with Crippen molar-refractivity contribution in [1.29, 1.82) is 0 Å². The van der Waals surface area contributed by atoms with Crippen molar-refractivity contribution in [3.05, 3.63) is 21.6 Å². The number of nitrogen functional groups attached to an aromatic ring is 1. The zero-order chi connectivity index (χ0) is 12.5. The molecule has 0 radical (unpaired) electrons. The Bertz CT molecular complexity index is 504. The number of hydrazine groups is 1. The number of benzene rings is 1. The molecular formula is C8H11BrClN3O2S. The summed E-state index contributed by atoms with van der Waals surface area (Å²) in [5.41, 5.74) is 5.88. The van der Waals surface area contributed by atoms with Crippen LogP contribution in [0, 0.1) is 0 Å². The summed E-state index contributed by atoms with van der Waals surface area (Å²) in [5.74, 6) is 0. The third-order valence-electron chi connectivity index (χ3n) is 1.62. The van der Waals surface area contributed by atoms with Gasteiger partial charge in [-0.1, -0.05) is 11.6 Å². The van der Waals surface area contributed by atoms with Crippen LogP contribution in [0.5, 0.6) is 0 Å². The molecule has 0 heterocycles. The molecule has 1 aromatic rings. The van der Waals surface area contributed by atoms with E-state index >= 15 is 0 Å². The van der Waals surface area contributed by atoms with Crippen molar-refractivity contribution in [3.8, 4) is 0 Å². The van der Waals surface area contributed by atoms with Gasteiger partial charge in [0, 0.05) is 24.8 Å². The third-order valence-corrected chi connectivity index (χ3v) is 4.50. The average molecular weight is 329 g/mol. The van der Waals surface area contributed by atoms with Gasteiger partial charge in [0.2, 0.25) is 0 Å². The molecular weight excluding hydrogens is 318 g/mol. The van der Waals surface area contributed by atoms with Gasteiger partial charge in [-0.2, -0.15) is 0 Å². The van der Waals surface area contributed by atoms with Crippen molar-refractivity contribution in [2.45, 2.75) is 4.90 Å². The van der Waals surface area contributed by atoms with E-state index < -0.39 is 10.0 Å². The van der Waals surface area contributed by atoms with Crippen molar-refractivity contribution < 1.29 is 8.42 Å². The summed E-state index contributed by atoms with van der Waals surface area (Å²) in [7, 11) is -0.533. The fourth-order valence-electron chi connectivity index (χ4n) is 1.07. The highest BCUT2D eigenvalue weighted by Crippen LogP contribution is 2.31. The molecule has 3 N–H and O–H groups in total. The van der Waals surface area contributed by atoms with Crippen molar-refractivity contribution >= 4 is 43.2 Å². The second kappa shape index (κ2) is 4.89. The number of nitrogens with two attached hydrogens (primary N) is 1. The van der Waals surface area contributed by atoms with Crippen LogP contribution in [0.25, 0.3) is 0 Å². The van der Waals surface area contributed by atoms with Crippen LogP contribution in [0.2, 0.25) is 5.02 Å². The number of halogens is 2. The fraction of sp³-hybridized carbons (Fsp3) is 0.250. The zero-order valence-electron chi connectivity index (χ0n) is 8.66. The normalized spacial score (nSPS) is 12.1. The van der Waals surface area contributed by atoms with E-state index in [4.69, 9.17) is 17.3 Å². The topological polar surface area (TPSA) is 75.4 Å². The lowest BCUT2D eigenvalue weighted by Crippen LogP contribution is -2.36. The Morgan fingerprint density at radius 3 is 2.50 bits per heavy atom. The minimum atomic E-state index is -3.67. The number of nitrogens with zero attached hydrogens (tertiary/aromatic N) is 1. The van der Waals surface area contributed by atoms with Gasteiger partial charge in [0.1, 0.15) is 4.90 Å². The highest BCUT2D eigenvalue weighted by molar-refractivity contribution is 9.10. The Kier molecular flexibility index (Phi) is 4.19. The molecule has 0 aliphatic rings. The Hall–Kier alpha value is -0.340. The number of anilines is 1. The van der Waals surface area contributed by atoms with E-state index in [1.54, 1.807) is 14.1 Å². The Morgan fingerprint density at radius 1 is 1.44 bits per heavy atom. The SMILES string of the molecule is CN(C)NS(=O)(=O)c1cc(Cl)cc(N)c1Br. The Balaban J connectivity index is 3.33. The largest absolute Gasteiger partial charge is 0.398 e. The van der Waals surface area contributed by atoms with Crippen LogP contribution in [0.4, 0.5) is 5.69 Å². The first-order chi connectivity index (χ1) is 7.24. The molecule has 0 bridgehead atoms. The first kappa shape index (κ1) is 13.7. The van der Waals surface area contributed by atoms with Crippen molar-refractivity contribution in [2.75, 3.05) is 19.8 Å². The smallest absolute Gasteiger partial charge is 0.254 e. The van der Waals surface area contributed by atoms with Crippen molar-refractivity contribution in [1.82, 2.24) is 9.84 Å². The molecule has 90 valence electrons. The summed E-state index contributed by atoms with van der Waals surface area (Å²) in [6.07, 6.45) is 0. The van der Waals surface area contributed by atoms with Crippen LogP contribution in [0.15, 0.2) is 21.5 Å². The maximum absolute atomic E-state index is 11.9. The van der Waals surface area contributed by atoms with E-state index in [9.17, 15) is 8.42 Å². The van der Waals surface area contributed by atoms with Crippen LogP contribution < -0.4 is 10.6 Å². The van der Waals surface area contributed by atoms with Crippen LogP contribution in [0.3, 0.4) is 0 Å². The maximum atomic E-state index is 11.9. The molecule has 0 saturated heterocycles. The van der Waals surface area contributed by atoms with Gasteiger partial charge in [0.05, 0.1) is 4.47 Å². The first-order valence-electron chi connectivity index (χ1n) is 4.18. The third kappa shape index (κ3) is 3.08. The molecule has 0 aromatic heterocycles. The second-order valence-electron chi connectivity index (χ2n) is 3.30.